The minimum absolute atomic E-state index is 0.0124. The molecule has 3 rings (SSSR count). The van der Waals surface area contributed by atoms with E-state index in [1.54, 1.807) is 24.3 Å². The van der Waals surface area contributed by atoms with Crippen LogP contribution in [0.5, 0.6) is 0 Å². The fourth-order valence-electron chi connectivity index (χ4n) is 2.95. The molecule has 1 aromatic carbocycles. The van der Waals surface area contributed by atoms with E-state index in [-0.39, 0.29) is 24.1 Å². The van der Waals surface area contributed by atoms with Gasteiger partial charge in [-0.15, -0.1) is 0 Å². The second-order valence-electron chi connectivity index (χ2n) is 5.59. The van der Waals surface area contributed by atoms with E-state index in [1.807, 2.05) is 4.90 Å². The molecular weight excluding hydrogens is 285 g/mol. The Kier molecular flexibility index (Phi) is 4.85. The number of halogens is 1. The lowest BCUT2D eigenvalue weighted by atomic mass is 10.0. The number of carbonyl (C=O) groups excluding carboxylic acids is 1. The van der Waals surface area contributed by atoms with Crippen molar-refractivity contribution < 1.29 is 18.7 Å². The van der Waals surface area contributed by atoms with Crippen LogP contribution in [0.1, 0.15) is 24.8 Å². The highest BCUT2D eigenvalue weighted by atomic mass is 19.1. The van der Waals surface area contributed by atoms with Gasteiger partial charge in [0, 0.05) is 12.6 Å². The van der Waals surface area contributed by atoms with Crippen LogP contribution in [0.4, 0.5) is 4.39 Å². The summed E-state index contributed by atoms with van der Waals surface area (Å²) in [6.07, 6.45) is 5.94. The normalized spacial score (nSPS) is 23.3. The van der Waals surface area contributed by atoms with Crippen molar-refractivity contribution in [2.45, 2.75) is 31.6 Å². The number of likely N-dealkylation sites (tertiary alicyclic amines) is 1. The number of rotatable bonds is 3. The van der Waals surface area contributed by atoms with Gasteiger partial charge in [-0.3, -0.25) is 4.79 Å². The van der Waals surface area contributed by atoms with Gasteiger partial charge in [-0.25, -0.2) is 4.39 Å². The molecular formula is C17H20FNO3. The quantitative estimate of drug-likeness (QED) is 0.806. The van der Waals surface area contributed by atoms with Gasteiger partial charge in [0.15, 0.2) is 6.29 Å². The average Bonchev–Trinajstić information content (AvgIpc) is 3.08. The first-order chi connectivity index (χ1) is 10.7. The number of amides is 1. The minimum Gasteiger partial charge on any atom is -0.348 e. The largest absolute Gasteiger partial charge is 0.348 e. The Hall–Kier alpha value is -1.72. The Balaban J connectivity index is 1.67. The zero-order chi connectivity index (χ0) is 15.4. The molecule has 22 heavy (non-hydrogen) atoms. The minimum atomic E-state index is -0.302. The second kappa shape index (κ2) is 7.03. The Labute approximate surface area is 129 Å². The lowest BCUT2D eigenvalue weighted by molar-refractivity contribution is -0.145. The summed E-state index contributed by atoms with van der Waals surface area (Å²) in [4.78, 5) is 14.3. The molecule has 0 spiro atoms. The molecule has 1 aromatic rings. The Bertz CT molecular complexity index is 537. The zero-order valence-corrected chi connectivity index (χ0v) is 12.4. The van der Waals surface area contributed by atoms with Crippen molar-refractivity contribution in [1.29, 1.82) is 0 Å². The first kappa shape index (κ1) is 15.2. The number of piperidine rings is 1. The monoisotopic (exact) mass is 305 g/mol. The Morgan fingerprint density at radius 3 is 2.64 bits per heavy atom. The molecule has 118 valence electrons. The SMILES string of the molecule is O=C(/C=C\c1ccc(F)cc1)N1CCCC[C@H]1C1OCCO1. The van der Waals surface area contributed by atoms with Crippen LogP contribution in [0.2, 0.25) is 0 Å². The lowest BCUT2D eigenvalue weighted by Gasteiger charge is -2.37. The summed E-state index contributed by atoms with van der Waals surface area (Å²) in [7, 11) is 0. The van der Waals surface area contributed by atoms with Crippen LogP contribution in [0.25, 0.3) is 6.08 Å². The number of benzene rings is 1. The molecule has 0 saturated carbocycles. The van der Waals surface area contributed by atoms with Crippen molar-refractivity contribution in [3.05, 3.63) is 41.7 Å². The van der Waals surface area contributed by atoms with Crippen LogP contribution >= 0.6 is 0 Å². The van der Waals surface area contributed by atoms with Gasteiger partial charge in [-0.2, -0.15) is 0 Å². The summed E-state index contributed by atoms with van der Waals surface area (Å²) in [5.41, 5.74) is 0.802. The predicted octanol–water partition coefficient (Wildman–Crippen LogP) is 2.59. The molecule has 2 heterocycles. The van der Waals surface area contributed by atoms with Crippen molar-refractivity contribution >= 4 is 12.0 Å². The zero-order valence-electron chi connectivity index (χ0n) is 12.4. The third kappa shape index (κ3) is 3.54. The number of hydrogen-bond acceptors (Lipinski definition) is 3. The molecule has 5 heteroatoms. The van der Waals surface area contributed by atoms with Crippen molar-refractivity contribution in [2.75, 3.05) is 19.8 Å². The molecule has 0 aliphatic carbocycles. The number of nitrogens with zero attached hydrogens (tertiary/aromatic N) is 1. The molecule has 1 atom stereocenters. The molecule has 0 radical (unpaired) electrons. The summed E-state index contributed by atoms with van der Waals surface area (Å²) in [6, 6.07) is 6.05. The van der Waals surface area contributed by atoms with Crippen molar-refractivity contribution in [3.8, 4) is 0 Å². The maximum absolute atomic E-state index is 12.9. The van der Waals surface area contributed by atoms with E-state index in [4.69, 9.17) is 9.47 Å². The number of hydrogen-bond donors (Lipinski definition) is 0. The Morgan fingerprint density at radius 1 is 1.18 bits per heavy atom. The van der Waals surface area contributed by atoms with Crippen LogP contribution in [0, 0.1) is 5.82 Å². The van der Waals surface area contributed by atoms with E-state index >= 15 is 0 Å². The lowest BCUT2D eigenvalue weighted by Crippen LogP contribution is -2.49. The fourth-order valence-corrected chi connectivity index (χ4v) is 2.95. The summed E-state index contributed by atoms with van der Waals surface area (Å²) in [6.45, 7) is 1.91. The molecule has 0 bridgehead atoms. The van der Waals surface area contributed by atoms with Gasteiger partial charge in [0.1, 0.15) is 5.82 Å². The molecule has 4 nitrogen and oxygen atoms in total. The van der Waals surface area contributed by atoms with Crippen LogP contribution in [0.3, 0.4) is 0 Å². The summed E-state index contributed by atoms with van der Waals surface area (Å²) in [5, 5.41) is 0. The highest BCUT2D eigenvalue weighted by Crippen LogP contribution is 2.24. The second-order valence-corrected chi connectivity index (χ2v) is 5.59. The van der Waals surface area contributed by atoms with Crippen molar-refractivity contribution in [3.63, 3.8) is 0 Å². The molecule has 0 aromatic heterocycles. The average molecular weight is 305 g/mol. The first-order valence-corrected chi connectivity index (χ1v) is 7.71. The third-order valence-electron chi connectivity index (χ3n) is 4.08. The van der Waals surface area contributed by atoms with Gasteiger partial charge in [-0.1, -0.05) is 12.1 Å². The molecule has 0 unspecified atom stereocenters. The Morgan fingerprint density at radius 2 is 1.91 bits per heavy atom. The molecule has 0 N–H and O–H groups in total. The van der Waals surface area contributed by atoms with Gasteiger partial charge < -0.3 is 14.4 Å². The van der Waals surface area contributed by atoms with E-state index in [1.165, 1.54) is 12.1 Å². The van der Waals surface area contributed by atoms with E-state index in [2.05, 4.69) is 0 Å². The molecule has 2 aliphatic heterocycles. The fraction of sp³-hybridized carbons (Fsp3) is 0.471. The van der Waals surface area contributed by atoms with Gasteiger partial charge in [-0.05, 0) is 43.0 Å². The number of ether oxygens (including phenoxy) is 2. The third-order valence-corrected chi connectivity index (χ3v) is 4.08. The van der Waals surface area contributed by atoms with E-state index in [9.17, 15) is 9.18 Å². The number of carbonyl (C=O) groups is 1. The maximum atomic E-state index is 12.9. The van der Waals surface area contributed by atoms with E-state index in [0.29, 0.717) is 13.2 Å². The van der Waals surface area contributed by atoms with Crippen LogP contribution < -0.4 is 0 Å². The highest BCUT2D eigenvalue weighted by Gasteiger charge is 2.35. The summed E-state index contributed by atoms with van der Waals surface area (Å²) >= 11 is 0. The van der Waals surface area contributed by atoms with Crippen molar-refractivity contribution in [1.82, 2.24) is 4.90 Å². The van der Waals surface area contributed by atoms with Crippen LogP contribution in [0.15, 0.2) is 30.3 Å². The highest BCUT2D eigenvalue weighted by molar-refractivity contribution is 5.92. The summed E-state index contributed by atoms with van der Waals surface area (Å²) < 4.78 is 24.0. The van der Waals surface area contributed by atoms with Gasteiger partial charge in [0.25, 0.3) is 0 Å². The van der Waals surface area contributed by atoms with Gasteiger partial charge >= 0.3 is 0 Å². The van der Waals surface area contributed by atoms with Crippen LogP contribution in [-0.2, 0) is 14.3 Å². The van der Waals surface area contributed by atoms with E-state index < -0.39 is 0 Å². The predicted molar refractivity (Wildman–Crippen MR) is 80.5 cm³/mol. The van der Waals surface area contributed by atoms with Crippen molar-refractivity contribution in [2.24, 2.45) is 0 Å². The first-order valence-electron chi connectivity index (χ1n) is 7.71. The summed E-state index contributed by atoms with van der Waals surface area (Å²) in [5.74, 6) is -0.330. The smallest absolute Gasteiger partial charge is 0.246 e. The topological polar surface area (TPSA) is 38.8 Å². The molecule has 2 fully saturated rings. The molecule has 2 aliphatic rings. The molecule has 2 saturated heterocycles. The standard InChI is InChI=1S/C17H20FNO3/c18-14-7-4-13(5-8-14)6-9-16(20)19-10-2-1-3-15(19)17-21-11-12-22-17/h4-9,15,17H,1-3,10-12H2/b9-6-/t15-/m0/s1. The van der Waals surface area contributed by atoms with Gasteiger partial charge in [0.05, 0.1) is 19.3 Å². The van der Waals surface area contributed by atoms with Crippen LogP contribution in [-0.4, -0.2) is 42.9 Å². The van der Waals surface area contributed by atoms with E-state index in [0.717, 1.165) is 31.4 Å². The maximum Gasteiger partial charge on any atom is 0.246 e. The van der Waals surface area contributed by atoms with Gasteiger partial charge in [0.2, 0.25) is 5.91 Å². The molecule has 1 amide bonds.